The van der Waals surface area contributed by atoms with Gasteiger partial charge < -0.3 is 29.3 Å². The molecule has 9 heteroatoms. The number of aliphatic imine (C=N–C) groups is 1. The Morgan fingerprint density at radius 3 is 2.71 bits per heavy atom. The molecular weight excluding hydrogens is 509 g/mol. The van der Waals surface area contributed by atoms with Crippen molar-refractivity contribution in [2.45, 2.75) is 38.8 Å². The van der Waals surface area contributed by atoms with Gasteiger partial charge in [0, 0.05) is 64.8 Å². The van der Waals surface area contributed by atoms with E-state index < -0.39 is 0 Å². The zero-order valence-corrected chi connectivity index (χ0v) is 21.3. The second kappa shape index (κ2) is 14.8. The molecule has 3 heterocycles. The molecular formula is C22H38IN5O3. The van der Waals surface area contributed by atoms with Crippen LogP contribution in [-0.4, -0.2) is 88.2 Å². The molecule has 1 aromatic rings. The number of anilines is 1. The molecule has 0 unspecified atom stereocenters. The molecule has 0 spiro atoms. The Morgan fingerprint density at radius 1 is 1.23 bits per heavy atom. The maximum atomic E-state index is 5.99. The number of morpholine rings is 1. The number of piperidine rings is 1. The van der Waals surface area contributed by atoms with Gasteiger partial charge in [0.1, 0.15) is 5.82 Å². The van der Waals surface area contributed by atoms with Crippen molar-refractivity contribution >= 4 is 35.8 Å². The molecule has 0 atom stereocenters. The lowest BCUT2D eigenvalue weighted by Crippen LogP contribution is -2.47. The molecule has 2 saturated heterocycles. The lowest BCUT2D eigenvalue weighted by Gasteiger charge is -2.34. The Balaban J connectivity index is 0.00000341. The first-order valence-electron chi connectivity index (χ1n) is 11.2. The van der Waals surface area contributed by atoms with E-state index in [0.717, 1.165) is 95.8 Å². The van der Waals surface area contributed by atoms with Gasteiger partial charge in [0.05, 0.1) is 25.9 Å². The van der Waals surface area contributed by atoms with E-state index in [9.17, 15) is 0 Å². The zero-order valence-electron chi connectivity index (χ0n) is 18.9. The summed E-state index contributed by atoms with van der Waals surface area (Å²) in [6, 6.07) is 4.12. The van der Waals surface area contributed by atoms with Gasteiger partial charge in [0.15, 0.2) is 5.96 Å². The van der Waals surface area contributed by atoms with E-state index >= 15 is 0 Å². The number of hydrogen-bond donors (Lipinski definition) is 1. The number of guanidine groups is 1. The van der Waals surface area contributed by atoms with Crippen molar-refractivity contribution in [1.29, 1.82) is 0 Å². The minimum Gasteiger partial charge on any atom is -0.385 e. The minimum atomic E-state index is 0. The molecule has 1 aromatic heterocycles. The molecule has 0 aliphatic carbocycles. The molecule has 0 amide bonds. The van der Waals surface area contributed by atoms with E-state index in [-0.39, 0.29) is 24.0 Å². The summed E-state index contributed by atoms with van der Waals surface area (Å²) in [7, 11) is 1.73. The van der Waals surface area contributed by atoms with Gasteiger partial charge in [0.25, 0.3) is 0 Å². The number of ether oxygens (including phenoxy) is 3. The fraction of sp³-hybridized carbons (Fsp3) is 0.727. The van der Waals surface area contributed by atoms with Crippen LogP contribution in [-0.2, 0) is 20.8 Å². The van der Waals surface area contributed by atoms with Gasteiger partial charge >= 0.3 is 0 Å². The van der Waals surface area contributed by atoms with E-state index in [1.165, 1.54) is 0 Å². The number of methoxy groups -OCH3 is 1. The number of aromatic nitrogens is 1. The summed E-state index contributed by atoms with van der Waals surface area (Å²) >= 11 is 0. The van der Waals surface area contributed by atoms with Crippen molar-refractivity contribution in [2.75, 3.05) is 71.2 Å². The van der Waals surface area contributed by atoms with Crippen LogP contribution in [0.15, 0.2) is 23.3 Å². The Hall–Kier alpha value is -1.17. The summed E-state index contributed by atoms with van der Waals surface area (Å²) in [5.74, 6) is 2.01. The SMILES string of the molecule is CCNC(=NCc1cccnc1N1CCOCC1)N1CCC(OCCCOC)CC1.I. The van der Waals surface area contributed by atoms with Crippen LogP contribution in [0.4, 0.5) is 5.82 Å². The monoisotopic (exact) mass is 547 g/mol. The fourth-order valence-electron chi connectivity index (χ4n) is 3.89. The van der Waals surface area contributed by atoms with Gasteiger partial charge in [-0.15, -0.1) is 24.0 Å². The number of nitrogens with zero attached hydrogens (tertiary/aromatic N) is 4. The van der Waals surface area contributed by atoms with E-state index in [1.807, 2.05) is 12.3 Å². The van der Waals surface area contributed by atoms with Crippen LogP contribution in [0.1, 0.15) is 31.7 Å². The molecule has 0 aromatic carbocycles. The van der Waals surface area contributed by atoms with E-state index in [1.54, 1.807) is 7.11 Å². The number of rotatable bonds is 9. The maximum Gasteiger partial charge on any atom is 0.194 e. The number of pyridine rings is 1. The first-order chi connectivity index (χ1) is 14.8. The average molecular weight is 547 g/mol. The van der Waals surface area contributed by atoms with E-state index in [0.29, 0.717) is 12.6 Å². The number of nitrogens with one attached hydrogen (secondary N) is 1. The van der Waals surface area contributed by atoms with Gasteiger partial charge in [-0.3, -0.25) is 0 Å². The van der Waals surface area contributed by atoms with Crippen LogP contribution >= 0.6 is 24.0 Å². The molecule has 2 aliphatic heterocycles. The Labute approximate surface area is 203 Å². The van der Waals surface area contributed by atoms with Crippen molar-refractivity contribution in [2.24, 2.45) is 4.99 Å². The van der Waals surface area contributed by atoms with Crippen LogP contribution in [0.5, 0.6) is 0 Å². The molecule has 0 radical (unpaired) electrons. The highest BCUT2D eigenvalue weighted by Crippen LogP contribution is 2.20. The van der Waals surface area contributed by atoms with Gasteiger partial charge in [-0.2, -0.15) is 0 Å². The van der Waals surface area contributed by atoms with Crippen LogP contribution in [0, 0.1) is 0 Å². The molecule has 2 fully saturated rings. The number of hydrogen-bond acceptors (Lipinski definition) is 6. The van der Waals surface area contributed by atoms with E-state index in [2.05, 4.69) is 33.1 Å². The van der Waals surface area contributed by atoms with Crippen LogP contribution in [0.2, 0.25) is 0 Å². The predicted molar refractivity (Wildman–Crippen MR) is 135 cm³/mol. The van der Waals surface area contributed by atoms with Crippen molar-refractivity contribution < 1.29 is 14.2 Å². The van der Waals surface area contributed by atoms with Gasteiger partial charge in [0.2, 0.25) is 0 Å². The first kappa shape index (κ1) is 26.1. The highest BCUT2D eigenvalue weighted by Gasteiger charge is 2.22. The number of likely N-dealkylation sites (tertiary alicyclic amines) is 1. The van der Waals surface area contributed by atoms with Crippen molar-refractivity contribution in [1.82, 2.24) is 15.2 Å². The summed E-state index contributed by atoms with van der Waals surface area (Å²) in [6.07, 6.45) is 5.22. The molecule has 3 rings (SSSR count). The summed E-state index contributed by atoms with van der Waals surface area (Å²) in [4.78, 5) is 14.2. The third-order valence-electron chi connectivity index (χ3n) is 5.50. The molecule has 176 valence electrons. The van der Waals surface area contributed by atoms with Crippen LogP contribution in [0.25, 0.3) is 0 Å². The second-order valence-electron chi connectivity index (χ2n) is 7.66. The summed E-state index contributed by atoms with van der Waals surface area (Å²) in [5.41, 5.74) is 1.16. The lowest BCUT2D eigenvalue weighted by atomic mass is 10.1. The highest BCUT2D eigenvalue weighted by atomic mass is 127. The molecule has 0 bridgehead atoms. The largest absolute Gasteiger partial charge is 0.385 e. The minimum absolute atomic E-state index is 0. The summed E-state index contributed by atoms with van der Waals surface area (Å²) in [5, 5.41) is 3.46. The van der Waals surface area contributed by atoms with E-state index in [4.69, 9.17) is 19.2 Å². The molecule has 1 N–H and O–H groups in total. The molecule has 2 aliphatic rings. The molecule has 31 heavy (non-hydrogen) atoms. The lowest BCUT2D eigenvalue weighted by molar-refractivity contribution is 0.00990. The van der Waals surface area contributed by atoms with Crippen LogP contribution < -0.4 is 10.2 Å². The highest BCUT2D eigenvalue weighted by molar-refractivity contribution is 14.0. The molecule has 0 saturated carbocycles. The van der Waals surface area contributed by atoms with Gasteiger partial charge in [-0.05, 0) is 32.3 Å². The number of halogens is 1. The Bertz CT molecular complexity index is 650. The average Bonchev–Trinajstić information content (AvgIpc) is 2.81. The van der Waals surface area contributed by atoms with Crippen molar-refractivity contribution in [3.05, 3.63) is 23.9 Å². The summed E-state index contributed by atoms with van der Waals surface area (Å²) in [6.45, 7) is 10.3. The van der Waals surface area contributed by atoms with Crippen LogP contribution in [0.3, 0.4) is 0 Å². The quantitative estimate of drug-likeness (QED) is 0.221. The zero-order chi connectivity index (χ0) is 21.0. The maximum absolute atomic E-state index is 5.99. The summed E-state index contributed by atoms with van der Waals surface area (Å²) < 4.78 is 16.6. The smallest absolute Gasteiger partial charge is 0.194 e. The predicted octanol–water partition coefficient (Wildman–Crippen LogP) is 2.52. The van der Waals surface area contributed by atoms with Crippen molar-refractivity contribution in [3.63, 3.8) is 0 Å². The normalized spacial score (nSPS) is 18.1. The fourth-order valence-corrected chi connectivity index (χ4v) is 3.89. The molecule has 8 nitrogen and oxygen atoms in total. The van der Waals surface area contributed by atoms with Crippen molar-refractivity contribution in [3.8, 4) is 0 Å². The van der Waals surface area contributed by atoms with Gasteiger partial charge in [-0.1, -0.05) is 6.07 Å². The second-order valence-corrected chi connectivity index (χ2v) is 7.66. The third kappa shape index (κ3) is 8.36. The first-order valence-corrected chi connectivity index (χ1v) is 11.2. The Morgan fingerprint density at radius 2 is 2.00 bits per heavy atom. The topological polar surface area (TPSA) is 71.5 Å². The van der Waals surface area contributed by atoms with Gasteiger partial charge in [-0.25, -0.2) is 9.98 Å². The Kier molecular flexibility index (Phi) is 12.5. The standard InChI is InChI=1S/C22H37N5O3.HI/c1-3-23-22(27-10-7-20(8-11-27)30-15-5-14-28-2)25-18-19-6-4-9-24-21(19)26-12-16-29-17-13-26;/h4,6,9,20H,3,5,7-8,10-18H2,1-2H3,(H,23,25);1H. The third-order valence-corrected chi connectivity index (χ3v) is 5.50.